The lowest BCUT2D eigenvalue weighted by atomic mass is 10.1. The summed E-state index contributed by atoms with van der Waals surface area (Å²) in [6, 6.07) is 4.44. The van der Waals surface area contributed by atoms with Crippen LogP contribution >= 0.6 is 23.2 Å². The van der Waals surface area contributed by atoms with Crippen LogP contribution in [0.2, 0.25) is 10.0 Å². The Morgan fingerprint density at radius 2 is 2.00 bits per heavy atom. The molecule has 1 unspecified atom stereocenters. The van der Waals surface area contributed by atoms with Gasteiger partial charge in [0.15, 0.2) is 0 Å². The van der Waals surface area contributed by atoms with Gasteiger partial charge in [-0.25, -0.2) is 9.07 Å². The zero-order valence-corrected chi connectivity index (χ0v) is 13.2. The predicted octanol–water partition coefficient (Wildman–Crippen LogP) is 2.72. The molecule has 0 saturated carbocycles. The molecule has 8 heteroatoms. The number of nitrogens with zero attached hydrogens (tertiary/aromatic N) is 2. The third-order valence-electron chi connectivity index (χ3n) is 3.05. The first kappa shape index (κ1) is 16.5. The highest BCUT2D eigenvalue weighted by atomic mass is 35.5. The van der Waals surface area contributed by atoms with Crippen molar-refractivity contribution in [1.82, 2.24) is 15.1 Å². The first-order valence-electron chi connectivity index (χ1n) is 6.29. The van der Waals surface area contributed by atoms with Gasteiger partial charge in [0, 0.05) is 18.1 Å². The highest BCUT2D eigenvalue weighted by Crippen LogP contribution is 2.28. The second kappa shape index (κ2) is 6.46. The normalized spacial score (nSPS) is 12.0. The van der Waals surface area contributed by atoms with Gasteiger partial charge < -0.3 is 5.32 Å². The number of carbonyl (C=O) groups excluding carboxylic acids is 1. The number of aromatic nitrogens is 2. The van der Waals surface area contributed by atoms with Crippen LogP contribution in [0.25, 0.3) is 0 Å². The molecule has 0 spiro atoms. The van der Waals surface area contributed by atoms with E-state index in [4.69, 9.17) is 23.2 Å². The molecule has 1 heterocycles. The molecule has 0 bridgehead atoms. The zero-order chi connectivity index (χ0) is 16.4. The first-order valence-corrected chi connectivity index (χ1v) is 7.05. The van der Waals surface area contributed by atoms with Gasteiger partial charge in [-0.2, -0.15) is 5.10 Å². The summed E-state index contributed by atoms with van der Waals surface area (Å²) >= 11 is 11.6. The Labute approximate surface area is 135 Å². The minimum atomic E-state index is -0.623. The van der Waals surface area contributed by atoms with Gasteiger partial charge in [0.1, 0.15) is 11.5 Å². The summed E-state index contributed by atoms with van der Waals surface area (Å²) in [6.07, 6.45) is 0. The fourth-order valence-electron chi connectivity index (χ4n) is 1.84. The molecule has 116 valence electrons. The van der Waals surface area contributed by atoms with Crippen LogP contribution in [0.15, 0.2) is 29.1 Å². The molecule has 0 fully saturated rings. The summed E-state index contributed by atoms with van der Waals surface area (Å²) in [6.45, 7) is 1.65. The average Bonchev–Trinajstić information content (AvgIpc) is 2.45. The molecule has 0 aliphatic heterocycles. The fourth-order valence-corrected chi connectivity index (χ4v) is 2.39. The van der Waals surface area contributed by atoms with Gasteiger partial charge in [-0.05, 0) is 30.7 Å². The Morgan fingerprint density at radius 1 is 1.32 bits per heavy atom. The number of rotatable bonds is 3. The Morgan fingerprint density at radius 3 is 2.64 bits per heavy atom. The van der Waals surface area contributed by atoms with Crippen LogP contribution in [0.3, 0.4) is 0 Å². The van der Waals surface area contributed by atoms with Crippen LogP contribution in [-0.2, 0) is 7.05 Å². The van der Waals surface area contributed by atoms with Crippen molar-refractivity contribution in [3.05, 3.63) is 61.7 Å². The molecular weight excluding hydrogens is 332 g/mol. The number of halogens is 3. The molecule has 0 saturated heterocycles. The lowest BCUT2D eigenvalue weighted by molar-refractivity contribution is 0.0932. The van der Waals surface area contributed by atoms with Gasteiger partial charge in [0.2, 0.25) is 0 Å². The summed E-state index contributed by atoms with van der Waals surface area (Å²) < 4.78 is 14.6. The molecular formula is C14H12Cl2FN3O2. The highest BCUT2D eigenvalue weighted by Gasteiger charge is 2.17. The van der Waals surface area contributed by atoms with Crippen molar-refractivity contribution in [2.75, 3.05) is 0 Å². The lowest BCUT2D eigenvalue weighted by Crippen LogP contribution is -2.30. The van der Waals surface area contributed by atoms with E-state index in [1.54, 1.807) is 6.92 Å². The number of amides is 1. The van der Waals surface area contributed by atoms with Crippen LogP contribution in [0.5, 0.6) is 0 Å². The standard InChI is InChI=1S/C14H12Cl2FN3O2/c1-7(8-5-11(17)10(16)6-9(8)15)18-14(22)12-3-4-13(21)20(2)19-12/h3-7H,1-2H3,(H,18,22). The Kier molecular flexibility index (Phi) is 4.83. The van der Waals surface area contributed by atoms with Crippen molar-refractivity contribution >= 4 is 29.1 Å². The Bertz CT molecular complexity index is 792. The molecule has 5 nitrogen and oxygen atoms in total. The van der Waals surface area contributed by atoms with Crippen molar-refractivity contribution in [3.8, 4) is 0 Å². The third kappa shape index (κ3) is 3.45. The van der Waals surface area contributed by atoms with E-state index in [9.17, 15) is 14.0 Å². The van der Waals surface area contributed by atoms with Crippen molar-refractivity contribution in [2.24, 2.45) is 7.05 Å². The second-order valence-electron chi connectivity index (χ2n) is 4.66. The summed E-state index contributed by atoms with van der Waals surface area (Å²) in [4.78, 5) is 23.4. The molecule has 1 amide bonds. The molecule has 0 aliphatic carbocycles. The van der Waals surface area contributed by atoms with Crippen LogP contribution in [0, 0.1) is 5.82 Å². The summed E-state index contributed by atoms with van der Waals surface area (Å²) in [5.41, 5.74) is 0.133. The number of aryl methyl sites for hydroxylation is 1. The molecule has 2 aromatic rings. The number of hydrogen-bond donors (Lipinski definition) is 1. The van der Waals surface area contributed by atoms with Crippen LogP contribution in [0.1, 0.15) is 29.0 Å². The number of carbonyl (C=O) groups is 1. The molecule has 0 radical (unpaired) electrons. The SMILES string of the molecule is CC(NC(=O)c1ccc(=O)n(C)n1)c1cc(F)c(Cl)cc1Cl. The summed E-state index contributed by atoms with van der Waals surface area (Å²) in [7, 11) is 1.44. The predicted molar refractivity (Wildman–Crippen MR) is 81.8 cm³/mol. The van der Waals surface area contributed by atoms with Crippen molar-refractivity contribution in [2.45, 2.75) is 13.0 Å². The van der Waals surface area contributed by atoms with Crippen LogP contribution in [0.4, 0.5) is 4.39 Å². The van der Waals surface area contributed by atoms with E-state index in [1.165, 1.54) is 31.3 Å². The maximum atomic E-state index is 13.5. The monoisotopic (exact) mass is 343 g/mol. The third-order valence-corrected chi connectivity index (χ3v) is 3.66. The molecule has 1 N–H and O–H groups in total. The average molecular weight is 344 g/mol. The highest BCUT2D eigenvalue weighted by molar-refractivity contribution is 6.35. The van der Waals surface area contributed by atoms with E-state index in [0.29, 0.717) is 5.56 Å². The number of benzene rings is 1. The molecule has 0 aliphatic rings. The lowest BCUT2D eigenvalue weighted by Gasteiger charge is -2.16. The van der Waals surface area contributed by atoms with E-state index >= 15 is 0 Å². The molecule has 2 rings (SSSR count). The number of hydrogen-bond acceptors (Lipinski definition) is 3. The van der Waals surface area contributed by atoms with Crippen molar-refractivity contribution in [3.63, 3.8) is 0 Å². The van der Waals surface area contributed by atoms with Crippen molar-refractivity contribution in [1.29, 1.82) is 0 Å². The van der Waals surface area contributed by atoms with Gasteiger partial charge in [-0.3, -0.25) is 9.59 Å². The smallest absolute Gasteiger partial charge is 0.272 e. The quantitative estimate of drug-likeness (QED) is 0.871. The molecule has 1 aromatic carbocycles. The summed E-state index contributed by atoms with van der Waals surface area (Å²) in [5.74, 6) is -1.13. The molecule has 1 aromatic heterocycles. The van der Waals surface area contributed by atoms with E-state index in [0.717, 1.165) is 4.68 Å². The number of nitrogens with one attached hydrogen (secondary N) is 1. The van der Waals surface area contributed by atoms with E-state index < -0.39 is 17.8 Å². The van der Waals surface area contributed by atoms with Gasteiger partial charge in [0.05, 0.1) is 11.1 Å². The minimum absolute atomic E-state index is 0.0690. The van der Waals surface area contributed by atoms with E-state index in [2.05, 4.69) is 10.4 Å². The Hall–Kier alpha value is -1.92. The molecule has 1 atom stereocenters. The van der Waals surface area contributed by atoms with Crippen LogP contribution in [-0.4, -0.2) is 15.7 Å². The van der Waals surface area contributed by atoms with E-state index in [-0.39, 0.29) is 21.3 Å². The van der Waals surface area contributed by atoms with E-state index in [1.807, 2.05) is 0 Å². The van der Waals surface area contributed by atoms with Gasteiger partial charge in [0.25, 0.3) is 11.5 Å². The van der Waals surface area contributed by atoms with Crippen LogP contribution < -0.4 is 10.9 Å². The minimum Gasteiger partial charge on any atom is -0.344 e. The summed E-state index contributed by atoms with van der Waals surface area (Å²) in [5, 5.41) is 6.63. The Balaban J connectivity index is 2.23. The van der Waals surface area contributed by atoms with Gasteiger partial charge >= 0.3 is 0 Å². The topological polar surface area (TPSA) is 64.0 Å². The maximum Gasteiger partial charge on any atom is 0.272 e. The molecule has 22 heavy (non-hydrogen) atoms. The first-order chi connectivity index (χ1) is 10.3. The van der Waals surface area contributed by atoms with Crippen molar-refractivity contribution < 1.29 is 9.18 Å². The fraction of sp³-hybridized carbons (Fsp3) is 0.214. The van der Waals surface area contributed by atoms with Gasteiger partial charge in [-0.15, -0.1) is 0 Å². The maximum absolute atomic E-state index is 13.5. The van der Waals surface area contributed by atoms with Gasteiger partial charge in [-0.1, -0.05) is 23.2 Å². The largest absolute Gasteiger partial charge is 0.344 e. The zero-order valence-electron chi connectivity index (χ0n) is 11.7. The second-order valence-corrected chi connectivity index (χ2v) is 5.48.